The van der Waals surface area contributed by atoms with E-state index in [1.165, 1.54) is 0 Å². The van der Waals surface area contributed by atoms with Crippen LogP contribution < -0.4 is 0 Å². The Morgan fingerprint density at radius 3 is 1.43 bits per heavy atom. The molecule has 0 aromatic heterocycles. The third-order valence-corrected chi connectivity index (χ3v) is 5.92. The van der Waals surface area contributed by atoms with E-state index in [9.17, 15) is 9.46 Å². The van der Waals surface area contributed by atoms with Crippen molar-refractivity contribution in [3.8, 4) is 0 Å². The lowest BCUT2D eigenvalue weighted by molar-refractivity contribution is -0.0386. The Bertz CT molecular complexity index is 322. The molecular formula is C16H35O4P. The van der Waals surface area contributed by atoms with Gasteiger partial charge in [-0.3, -0.25) is 9.05 Å². The molecule has 0 rings (SSSR count). The Balaban J connectivity index is 4.87. The van der Waals surface area contributed by atoms with E-state index in [1.807, 2.05) is 41.5 Å². The molecule has 0 aromatic carbocycles. The summed E-state index contributed by atoms with van der Waals surface area (Å²) in [5, 5.41) is 0. The Morgan fingerprint density at radius 2 is 1.19 bits per heavy atom. The van der Waals surface area contributed by atoms with Gasteiger partial charge in [0, 0.05) is 0 Å². The minimum absolute atomic E-state index is 0.183. The lowest BCUT2D eigenvalue weighted by Gasteiger charge is -2.37. The minimum Gasteiger partial charge on any atom is -0.302 e. The van der Waals surface area contributed by atoms with Crippen molar-refractivity contribution in [3.05, 3.63) is 0 Å². The molecule has 21 heavy (non-hydrogen) atoms. The van der Waals surface area contributed by atoms with E-state index in [2.05, 4.69) is 13.8 Å². The van der Waals surface area contributed by atoms with E-state index >= 15 is 0 Å². The summed E-state index contributed by atoms with van der Waals surface area (Å²) in [7, 11) is -4.09. The maximum absolute atomic E-state index is 12.4. The number of rotatable bonds is 10. The number of hydrogen-bond acceptors (Lipinski definition) is 3. The van der Waals surface area contributed by atoms with Gasteiger partial charge in [-0.25, -0.2) is 4.57 Å². The van der Waals surface area contributed by atoms with E-state index in [1.54, 1.807) is 0 Å². The molecule has 128 valence electrons. The molecule has 0 aliphatic heterocycles. The van der Waals surface area contributed by atoms with Crippen LogP contribution in [0.15, 0.2) is 0 Å². The fourth-order valence-corrected chi connectivity index (χ4v) is 3.94. The second kappa shape index (κ2) is 8.10. The molecule has 0 saturated heterocycles. The third-order valence-electron chi connectivity index (χ3n) is 4.52. The zero-order chi connectivity index (χ0) is 16.9. The Kier molecular flexibility index (Phi) is 8.14. The number of phosphoric ester groups is 1. The van der Waals surface area contributed by atoms with Crippen LogP contribution in [0, 0.1) is 11.8 Å². The van der Waals surface area contributed by atoms with E-state index in [4.69, 9.17) is 9.05 Å². The van der Waals surface area contributed by atoms with Gasteiger partial charge in [0.1, 0.15) is 0 Å². The van der Waals surface area contributed by atoms with Gasteiger partial charge in [0.25, 0.3) is 0 Å². The highest BCUT2D eigenvalue weighted by molar-refractivity contribution is 7.47. The summed E-state index contributed by atoms with van der Waals surface area (Å²) >= 11 is 0. The predicted molar refractivity (Wildman–Crippen MR) is 88.3 cm³/mol. The second-order valence-electron chi connectivity index (χ2n) is 7.24. The molecule has 0 fully saturated rings. The predicted octanol–water partition coefficient (Wildman–Crippen LogP) is 5.55. The van der Waals surface area contributed by atoms with Crippen molar-refractivity contribution in [1.82, 2.24) is 0 Å². The first kappa shape index (κ1) is 21.1. The molecule has 1 N–H and O–H groups in total. The van der Waals surface area contributed by atoms with Crippen LogP contribution in [0.25, 0.3) is 0 Å². The number of phosphoric acid groups is 1. The Hall–Kier alpha value is 0.110. The van der Waals surface area contributed by atoms with Crippen molar-refractivity contribution in [2.75, 3.05) is 0 Å². The van der Waals surface area contributed by atoms with Crippen LogP contribution in [0.2, 0.25) is 0 Å². The highest BCUT2D eigenvalue weighted by Crippen LogP contribution is 2.53. The monoisotopic (exact) mass is 322 g/mol. The van der Waals surface area contributed by atoms with Gasteiger partial charge in [0.2, 0.25) is 0 Å². The van der Waals surface area contributed by atoms with Gasteiger partial charge in [-0.15, -0.1) is 0 Å². The number of hydrogen-bond donors (Lipinski definition) is 1. The van der Waals surface area contributed by atoms with Crippen molar-refractivity contribution in [3.63, 3.8) is 0 Å². The average Bonchev–Trinajstić information content (AvgIpc) is 2.26. The fourth-order valence-electron chi connectivity index (χ4n) is 2.35. The molecule has 0 saturated carbocycles. The first-order valence-electron chi connectivity index (χ1n) is 8.12. The van der Waals surface area contributed by atoms with Gasteiger partial charge >= 0.3 is 7.82 Å². The fraction of sp³-hybridized carbons (Fsp3) is 1.00. The van der Waals surface area contributed by atoms with Crippen molar-refractivity contribution in [1.29, 1.82) is 0 Å². The Morgan fingerprint density at radius 1 is 0.905 bits per heavy atom. The van der Waals surface area contributed by atoms with E-state index in [0.717, 1.165) is 25.7 Å². The smallest absolute Gasteiger partial charge is 0.302 e. The summed E-state index contributed by atoms with van der Waals surface area (Å²) in [6.07, 6.45) is 3.93. The van der Waals surface area contributed by atoms with Crippen LogP contribution in [0.1, 0.15) is 81.1 Å². The van der Waals surface area contributed by atoms with Gasteiger partial charge in [-0.05, 0) is 52.4 Å². The largest absolute Gasteiger partial charge is 0.473 e. The highest BCUT2D eigenvalue weighted by Gasteiger charge is 2.41. The summed E-state index contributed by atoms with van der Waals surface area (Å²) in [5.74, 6) is 0.366. The maximum Gasteiger partial charge on any atom is 0.473 e. The standard InChI is InChI=1S/C16H35O4P/c1-9-11-13(3)15(5,6)19-21(17,18)20-16(7,8)14(4)12-10-2/h13-14H,9-12H2,1-8H3,(H,17,18). The molecule has 0 radical (unpaired) electrons. The van der Waals surface area contributed by atoms with E-state index in [-0.39, 0.29) is 11.8 Å². The SMILES string of the molecule is CCCC(C)C(C)(C)OP(=O)(O)OC(C)(C)C(C)CCC. The molecule has 0 bridgehead atoms. The first-order chi connectivity index (χ1) is 9.38. The molecule has 0 aromatic rings. The highest BCUT2D eigenvalue weighted by atomic mass is 31.2. The first-order valence-corrected chi connectivity index (χ1v) is 9.61. The molecule has 0 aliphatic rings. The maximum atomic E-state index is 12.4. The molecule has 4 nitrogen and oxygen atoms in total. The normalized spacial score (nSPS) is 19.1. The van der Waals surface area contributed by atoms with Crippen LogP contribution in [0.3, 0.4) is 0 Å². The van der Waals surface area contributed by atoms with Crippen molar-refractivity contribution in [2.45, 2.75) is 92.3 Å². The minimum atomic E-state index is -4.09. The van der Waals surface area contributed by atoms with E-state index in [0.29, 0.717) is 0 Å². The van der Waals surface area contributed by atoms with E-state index < -0.39 is 19.0 Å². The summed E-state index contributed by atoms with van der Waals surface area (Å²) in [6.45, 7) is 15.7. The molecule has 2 atom stereocenters. The Labute approximate surface area is 131 Å². The van der Waals surface area contributed by atoms with Crippen molar-refractivity contribution in [2.24, 2.45) is 11.8 Å². The van der Waals surface area contributed by atoms with Gasteiger partial charge in [0.15, 0.2) is 0 Å². The molecule has 0 heterocycles. The summed E-state index contributed by atoms with van der Waals surface area (Å²) in [5.41, 5.74) is -1.38. The topological polar surface area (TPSA) is 55.8 Å². The van der Waals surface area contributed by atoms with Gasteiger partial charge < -0.3 is 4.89 Å². The molecule has 2 unspecified atom stereocenters. The third kappa shape index (κ3) is 7.27. The zero-order valence-electron chi connectivity index (χ0n) is 15.1. The average molecular weight is 322 g/mol. The van der Waals surface area contributed by atoms with Crippen LogP contribution in [-0.2, 0) is 13.6 Å². The van der Waals surface area contributed by atoms with Gasteiger partial charge in [-0.1, -0.05) is 40.5 Å². The molecule has 5 heteroatoms. The molecule has 0 amide bonds. The zero-order valence-corrected chi connectivity index (χ0v) is 16.0. The van der Waals surface area contributed by atoms with Crippen LogP contribution in [0.4, 0.5) is 0 Å². The summed E-state index contributed by atoms with van der Waals surface area (Å²) in [4.78, 5) is 10.1. The van der Waals surface area contributed by atoms with Gasteiger partial charge in [-0.2, -0.15) is 0 Å². The summed E-state index contributed by atoms with van der Waals surface area (Å²) < 4.78 is 23.4. The van der Waals surface area contributed by atoms with Crippen LogP contribution >= 0.6 is 7.82 Å². The molecule has 0 spiro atoms. The van der Waals surface area contributed by atoms with Crippen LogP contribution in [0.5, 0.6) is 0 Å². The second-order valence-corrected chi connectivity index (χ2v) is 8.54. The molecular weight excluding hydrogens is 287 g/mol. The van der Waals surface area contributed by atoms with Crippen molar-refractivity contribution < 1.29 is 18.5 Å². The lowest BCUT2D eigenvalue weighted by Crippen LogP contribution is -2.36. The van der Waals surface area contributed by atoms with Crippen molar-refractivity contribution >= 4 is 7.82 Å². The van der Waals surface area contributed by atoms with Crippen LogP contribution in [-0.4, -0.2) is 16.1 Å². The van der Waals surface area contributed by atoms with Gasteiger partial charge in [0.05, 0.1) is 11.2 Å². The lowest BCUT2D eigenvalue weighted by atomic mass is 9.89. The quantitative estimate of drug-likeness (QED) is 0.536. The summed E-state index contributed by atoms with van der Waals surface area (Å²) in [6, 6.07) is 0. The molecule has 0 aliphatic carbocycles.